The smallest absolute Gasteiger partial charge is 0.222 e. The lowest BCUT2D eigenvalue weighted by Crippen LogP contribution is -2.33. The summed E-state index contributed by atoms with van der Waals surface area (Å²) < 4.78 is 6.18. The first-order chi connectivity index (χ1) is 11.3. The molecule has 0 bridgehead atoms. The highest BCUT2D eigenvalue weighted by Crippen LogP contribution is 2.36. The Labute approximate surface area is 135 Å². The molecule has 4 rings (SSSR count). The zero-order valence-corrected chi connectivity index (χ0v) is 13.1. The van der Waals surface area contributed by atoms with Crippen LogP contribution in [0.1, 0.15) is 18.4 Å². The van der Waals surface area contributed by atoms with Crippen molar-refractivity contribution in [1.29, 1.82) is 0 Å². The van der Waals surface area contributed by atoms with Gasteiger partial charge in [0.15, 0.2) is 0 Å². The van der Waals surface area contributed by atoms with Gasteiger partial charge in [0.25, 0.3) is 0 Å². The van der Waals surface area contributed by atoms with Crippen molar-refractivity contribution < 1.29 is 4.74 Å². The van der Waals surface area contributed by atoms with Gasteiger partial charge in [0.05, 0.1) is 18.2 Å². The number of ether oxygens (including phenoxy) is 1. The van der Waals surface area contributed by atoms with Gasteiger partial charge < -0.3 is 10.1 Å². The van der Waals surface area contributed by atoms with Gasteiger partial charge in [-0.15, -0.1) is 0 Å². The largest absolute Gasteiger partial charge is 0.371 e. The predicted molar refractivity (Wildman–Crippen MR) is 86.9 cm³/mol. The second-order valence-corrected chi connectivity index (χ2v) is 6.43. The monoisotopic (exact) mass is 311 g/mol. The van der Waals surface area contributed by atoms with Gasteiger partial charge in [-0.05, 0) is 24.1 Å². The maximum Gasteiger partial charge on any atom is 0.222 e. The Morgan fingerprint density at radius 3 is 3.00 bits per heavy atom. The standard InChI is InChI=1S/C17H21N5O/c1-3-14(10-18-5-1)11-22-8-4-17(13-22)9-15(12-23-17)21-16-19-6-2-7-20-16/h1-3,5-7,10,15H,4,8-9,11-13H2,(H,19,20,21)/t15-,17-/m1/s1. The van der Waals surface area contributed by atoms with Crippen LogP contribution in [0.3, 0.4) is 0 Å². The molecule has 2 aromatic rings. The van der Waals surface area contributed by atoms with E-state index in [-0.39, 0.29) is 11.6 Å². The lowest BCUT2D eigenvalue weighted by molar-refractivity contribution is 0.0120. The van der Waals surface area contributed by atoms with E-state index in [4.69, 9.17) is 4.74 Å². The average molecular weight is 311 g/mol. The maximum atomic E-state index is 6.18. The van der Waals surface area contributed by atoms with Gasteiger partial charge in [-0.25, -0.2) is 9.97 Å². The number of rotatable bonds is 4. The molecular weight excluding hydrogens is 290 g/mol. The van der Waals surface area contributed by atoms with E-state index in [1.54, 1.807) is 12.4 Å². The van der Waals surface area contributed by atoms with E-state index in [1.165, 1.54) is 5.56 Å². The maximum absolute atomic E-state index is 6.18. The highest BCUT2D eigenvalue weighted by atomic mass is 16.5. The first-order valence-electron chi connectivity index (χ1n) is 8.10. The quantitative estimate of drug-likeness (QED) is 0.927. The van der Waals surface area contributed by atoms with E-state index in [9.17, 15) is 0 Å². The lowest BCUT2D eigenvalue weighted by atomic mass is 9.97. The van der Waals surface area contributed by atoms with E-state index >= 15 is 0 Å². The van der Waals surface area contributed by atoms with Crippen LogP contribution in [0, 0.1) is 0 Å². The van der Waals surface area contributed by atoms with Gasteiger partial charge in [0.1, 0.15) is 0 Å². The normalized spacial score (nSPS) is 27.6. The SMILES string of the molecule is c1cnc(N[C@H]2CO[C@]3(CCN(Cc4cccnc4)C3)C2)nc1. The highest BCUT2D eigenvalue weighted by molar-refractivity contribution is 5.25. The fourth-order valence-corrected chi connectivity index (χ4v) is 3.59. The third-order valence-electron chi connectivity index (χ3n) is 4.63. The number of likely N-dealkylation sites (tertiary alicyclic amines) is 1. The van der Waals surface area contributed by atoms with Gasteiger partial charge in [0.2, 0.25) is 5.95 Å². The van der Waals surface area contributed by atoms with Crippen molar-refractivity contribution in [1.82, 2.24) is 19.9 Å². The van der Waals surface area contributed by atoms with E-state index < -0.39 is 0 Å². The molecule has 0 unspecified atom stereocenters. The average Bonchev–Trinajstić information content (AvgIpc) is 3.16. The molecule has 2 fully saturated rings. The Morgan fingerprint density at radius 2 is 2.17 bits per heavy atom. The van der Waals surface area contributed by atoms with E-state index in [0.717, 1.165) is 39.1 Å². The molecular formula is C17H21N5O. The highest BCUT2D eigenvalue weighted by Gasteiger charge is 2.45. The van der Waals surface area contributed by atoms with Crippen molar-refractivity contribution in [2.24, 2.45) is 0 Å². The fourth-order valence-electron chi connectivity index (χ4n) is 3.59. The summed E-state index contributed by atoms with van der Waals surface area (Å²) in [7, 11) is 0. The van der Waals surface area contributed by atoms with Crippen LogP contribution in [-0.2, 0) is 11.3 Å². The topological polar surface area (TPSA) is 63.2 Å². The summed E-state index contributed by atoms with van der Waals surface area (Å²) in [5.74, 6) is 0.684. The van der Waals surface area contributed by atoms with Crippen molar-refractivity contribution in [2.45, 2.75) is 31.0 Å². The van der Waals surface area contributed by atoms with Crippen LogP contribution < -0.4 is 5.32 Å². The van der Waals surface area contributed by atoms with Crippen molar-refractivity contribution in [3.8, 4) is 0 Å². The van der Waals surface area contributed by atoms with Crippen LogP contribution in [0.15, 0.2) is 43.0 Å². The lowest BCUT2D eigenvalue weighted by Gasteiger charge is -2.23. The van der Waals surface area contributed by atoms with Crippen molar-refractivity contribution in [2.75, 3.05) is 25.0 Å². The number of nitrogens with zero attached hydrogens (tertiary/aromatic N) is 4. The van der Waals surface area contributed by atoms with Crippen molar-refractivity contribution in [3.05, 3.63) is 48.5 Å². The summed E-state index contributed by atoms with van der Waals surface area (Å²) in [4.78, 5) is 15.1. The van der Waals surface area contributed by atoms with Crippen LogP contribution in [0.4, 0.5) is 5.95 Å². The minimum Gasteiger partial charge on any atom is -0.371 e. The summed E-state index contributed by atoms with van der Waals surface area (Å²) >= 11 is 0. The molecule has 0 aromatic carbocycles. The number of nitrogens with one attached hydrogen (secondary N) is 1. The Bertz CT molecular complexity index is 578. The Hall–Kier alpha value is -2.05. The van der Waals surface area contributed by atoms with Gasteiger partial charge in [-0.2, -0.15) is 0 Å². The fraction of sp³-hybridized carbons (Fsp3) is 0.471. The van der Waals surface area contributed by atoms with E-state index in [1.807, 2.05) is 24.5 Å². The molecule has 2 atom stereocenters. The first kappa shape index (κ1) is 14.5. The van der Waals surface area contributed by atoms with Crippen LogP contribution in [-0.4, -0.2) is 51.2 Å². The molecule has 0 saturated carbocycles. The van der Waals surface area contributed by atoms with Gasteiger partial charge in [-0.3, -0.25) is 9.88 Å². The zero-order chi connectivity index (χ0) is 15.5. The molecule has 2 aliphatic heterocycles. The van der Waals surface area contributed by atoms with Crippen LogP contribution in [0.25, 0.3) is 0 Å². The second-order valence-electron chi connectivity index (χ2n) is 6.43. The Balaban J connectivity index is 1.34. The minimum absolute atomic E-state index is 0.0192. The second kappa shape index (κ2) is 6.22. The van der Waals surface area contributed by atoms with Crippen LogP contribution >= 0.6 is 0 Å². The third-order valence-corrected chi connectivity index (χ3v) is 4.63. The van der Waals surface area contributed by atoms with Crippen LogP contribution in [0.5, 0.6) is 0 Å². The molecule has 2 aliphatic rings. The summed E-state index contributed by atoms with van der Waals surface area (Å²) in [5.41, 5.74) is 1.24. The van der Waals surface area contributed by atoms with Crippen LogP contribution in [0.2, 0.25) is 0 Å². The minimum atomic E-state index is -0.0192. The summed E-state index contributed by atoms with van der Waals surface area (Å²) in [6.07, 6.45) is 9.36. The molecule has 0 amide bonds. The summed E-state index contributed by atoms with van der Waals surface area (Å²) in [6, 6.07) is 6.23. The number of pyridine rings is 1. The molecule has 1 N–H and O–H groups in total. The first-order valence-corrected chi connectivity index (χ1v) is 8.10. The Morgan fingerprint density at radius 1 is 1.26 bits per heavy atom. The molecule has 0 aliphatic carbocycles. The number of anilines is 1. The predicted octanol–water partition coefficient (Wildman–Crippen LogP) is 1.72. The molecule has 120 valence electrons. The zero-order valence-electron chi connectivity index (χ0n) is 13.1. The molecule has 4 heterocycles. The van der Waals surface area contributed by atoms with Crippen molar-refractivity contribution in [3.63, 3.8) is 0 Å². The van der Waals surface area contributed by atoms with E-state index in [0.29, 0.717) is 5.95 Å². The Kier molecular flexibility index (Phi) is 3.93. The molecule has 6 heteroatoms. The van der Waals surface area contributed by atoms with Crippen molar-refractivity contribution >= 4 is 5.95 Å². The number of aromatic nitrogens is 3. The van der Waals surface area contributed by atoms with Gasteiger partial charge >= 0.3 is 0 Å². The molecule has 6 nitrogen and oxygen atoms in total. The van der Waals surface area contributed by atoms with E-state index in [2.05, 4.69) is 31.2 Å². The number of hydrogen-bond acceptors (Lipinski definition) is 6. The molecule has 0 radical (unpaired) electrons. The van der Waals surface area contributed by atoms with Gasteiger partial charge in [0, 0.05) is 50.8 Å². The van der Waals surface area contributed by atoms with Gasteiger partial charge in [-0.1, -0.05) is 6.07 Å². The molecule has 1 spiro atoms. The summed E-state index contributed by atoms with van der Waals surface area (Å²) in [5, 5.41) is 3.38. The number of hydrogen-bond donors (Lipinski definition) is 1. The summed E-state index contributed by atoms with van der Waals surface area (Å²) in [6.45, 7) is 3.72. The third kappa shape index (κ3) is 3.33. The molecule has 23 heavy (non-hydrogen) atoms. The molecule has 2 saturated heterocycles. The molecule has 2 aromatic heterocycles.